The fourth-order valence-electron chi connectivity index (χ4n) is 2.08. The quantitative estimate of drug-likeness (QED) is 0.773. The van der Waals surface area contributed by atoms with E-state index >= 15 is 0 Å². The van der Waals surface area contributed by atoms with Crippen molar-refractivity contribution in [3.05, 3.63) is 35.9 Å². The van der Waals surface area contributed by atoms with Crippen LogP contribution < -0.4 is 5.73 Å². The lowest BCUT2D eigenvalue weighted by Crippen LogP contribution is -2.07. The average molecular weight is 257 g/mol. The SMILES string of the molecule is CCCc1c(N)nnn1Cc1nc2ccccc2o1. The summed E-state index contributed by atoms with van der Waals surface area (Å²) in [4.78, 5) is 4.42. The van der Waals surface area contributed by atoms with E-state index in [1.54, 1.807) is 4.68 Å². The number of nitrogen functional groups attached to an aromatic ring is 1. The van der Waals surface area contributed by atoms with Crippen molar-refractivity contribution >= 4 is 16.9 Å². The normalized spacial score (nSPS) is 11.2. The summed E-state index contributed by atoms with van der Waals surface area (Å²) in [6.07, 6.45) is 1.84. The molecule has 0 spiro atoms. The first-order valence-corrected chi connectivity index (χ1v) is 6.30. The lowest BCUT2D eigenvalue weighted by Gasteiger charge is -2.02. The van der Waals surface area contributed by atoms with E-state index in [9.17, 15) is 0 Å². The molecule has 6 nitrogen and oxygen atoms in total. The molecule has 3 aromatic rings. The summed E-state index contributed by atoms with van der Waals surface area (Å²) in [5, 5.41) is 7.95. The van der Waals surface area contributed by atoms with Crippen LogP contribution in [0.1, 0.15) is 24.9 Å². The van der Waals surface area contributed by atoms with Gasteiger partial charge in [0.15, 0.2) is 11.4 Å². The number of anilines is 1. The number of aromatic nitrogens is 4. The van der Waals surface area contributed by atoms with Gasteiger partial charge in [0.2, 0.25) is 5.89 Å². The minimum atomic E-state index is 0.453. The zero-order valence-electron chi connectivity index (χ0n) is 10.7. The van der Waals surface area contributed by atoms with Crippen molar-refractivity contribution in [3.63, 3.8) is 0 Å². The van der Waals surface area contributed by atoms with Crippen molar-refractivity contribution in [2.45, 2.75) is 26.3 Å². The van der Waals surface area contributed by atoms with Gasteiger partial charge >= 0.3 is 0 Å². The predicted octanol–water partition coefficient (Wildman–Crippen LogP) is 2.00. The highest BCUT2D eigenvalue weighted by molar-refractivity contribution is 5.72. The molecule has 2 heterocycles. The minimum absolute atomic E-state index is 0.453. The highest BCUT2D eigenvalue weighted by atomic mass is 16.3. The fourth-order valence-corrected chi connectivity index (χ4v) is 2.08. The molecule has 0 fully saturated rings. The monoisotopic (exact) mass is 257 g/mol. The van der Waals surface area contributed by atoms with E-state index in [1.165, 1.54) is 0 Å². The Morgan fingerprint density at radius 2 is 2.16 bits per heavy atom. The van der Waals surface area contributed by atoms with Crippen LogP contribution in [0.5, 0.6) is 0 Å². The number of hydrogen-bond donors (Lipinski definition) is 1. The number of oxazole rings is 1. The summed E-state index contributed by atoms with van der Waals surface area (Å²) in [5.74, 6) is 1.10. The van der Waals surface area contributed by atoms with E-state index in [1.807, 2.05) is 24.3 Å². The molecule has 98 valence electrons. The summed E-state index contributed by atoms with van der Waals surface area (Å²) < 4.78 is 7.43. The number of para-hydroxylation sites is 2. The molecule has 0 aliphatic rings. The van der Waals surface area contributed by atoms with Crippen LogP contribution in [-0.2, 0) is 13.0 Å². The van der Waals surface area contributed by atoms with Gasteiger partial charge in [-0.2, -0.15) is 0 Å². The van der Waals surface area contributed by atoms with Crippen LogP contribution in [-0.4, -0.2) is 20.0 Å². The Hall–Kier alpha value is -2.37. The van der Waals surface area contributed by atoms with Gasteiger partial charge in [0.05, 0.1) is 5.69 Å². The average Bonchev–Trinajstić information content (AvgIpc) is 2.96. The van der Waals surface area contributed by atoms with Crippen molar-refractivity contribution in [2.75, 3.05) is 5.73 Å². The van der Waals surface area contributed by atoms with Crippen molar-refractivity contribution < 1.29 is 4.42 Å². The Kier molecular flexibility index (Phi) is 2.91. The second kappa shape index (κ2) is 4.72. The minimum Gasteiger partial charge on any atom is -0.439 e. The molecule has 0 bridgehead atoms. The van der Waals surface area contributed by atoms with Crippen LogP contribution in [0, 0.1) is 0 Å². The molecule has 3 rings (SSSR count). The van der Waals surface area contributed by atoms with Gasteiger partial charge in [-0.1, -0.05) is 30.7 Å². The lowest BCUT2D eigenvalue weighted by atomic mass is 10.2. The van der Waals surface area contributed by atoms with Crippen molar-refractivity contribution in [1.29, 1.82) is 0 Å². The summed E-state index contributed by atoms with van der Waals surface area (Å²) in [7, 11) is 0. The first-order valence-electron chi connectivity index (χ1n) is 6.30. The number of fused-ring (bicyclic) bond motifs is 1. The Labute approximate surface area is 110 Å². The van der Waals surface area contributed by atoms with Gasteiger partial charge in [0.25, 0.3) is 0 Å². The number of rotatable bonds is 4. The van der Waals surface area contributed by atoms with Gasteiger partial charge in [-0.05, 0) is 18.6 Å². The molecule has 1 aromatic carbocycles. The van der Waals surface area contributed by atoms with E-state index in [-0.39, 0.29) is 0 Å². The van der Waals surface area contributed by atoms with E-state index in [0.29, 0.717) is 18.3 Å². The first kappa shape index (κ1) is 11.7. The topological polar surface area (TPSA) is 82.8 Å². The molecule has 0 unspecified atom stereocenters. The third-order valence-corrected chi connectivity index (χ3v) is 2.98. The Morgan fingerprint density at radius 3 is 2.95 bits per heavy atom. The molecule has 2 aromatic heterocycles. The number of hydrogen-bond acceptors (Lipinski definition) is 5. The van der Waals surface area contributed by atoms with Crippen LogP contribution in [0.15, 0.2) is 28.7 Å². The van der Waals surface area contributed by atoms with Crippen molar-refractivity contribution in [2.24, 2.45) is 0 Å². The van der Waals surface area contributed by atoms with Crippen LogP contribution in [0.3, 0.4) is 0 Å². The largest absolute Gasteiger partial charge is 0.439 e. The molecular weight excluding hydrogens is 242 g/mol. The van der Waals surface area contributed by atoms with E-state index in [4.69, 9.17) is 10.2 Å². The number of nitrogens with two attached hydrogens (primary N) is 1. The van der Waals surface area contributed by atoms with Crippen LogP contribution >= 0.6 is 0 Å². The Bertz CT molecular complexity index is 667. The zero-order valence-corrected chi connectivity index (χ0v) is 10.7. The molecule has 2 N–H and O–H groups in total. The summed E-state index contributed by atoms with van der Waals surface area (Å²) in [5.41, 5.74) is 8.38. The molecule has 0 amide bonds. The molecule has 6 heteroatoms. The highest BCUT2D eigenvalue weighted by Crippen LogP contribution is 2.17. The maximum absolute atomic E-state index is 5.81. The molecule has 0 saturated carbocycles. The summed E-state index contributed by atoms with van der Waals surface area (Å²) >= 11 is 0. The maximum atomic E-state index is 5.81. The number of nitrogens with zero attached hydrogens (tertiary/aromatic N) is 4. The molecule has 0 aliphatic carbocycles. The molecule has 0 radical (unpaired) electrons. The zero-order chi connectivity index (χ0) is 13.2. The second-order valence-corrected chi connectivity index (χ2v) is 4.40. The summed E-state index contributed by atoms with van der Waals surface area (Å²) in [6.45, 7) is 2.55. The number of benzene rings is 1. The third kappa shape index (κ3) is 2.16. The van der Waals surface area contributed by atoms with Crippen LogP contribution in [0.4, 0.5) is 5.82 Å². The van der Waals surface area contributed by atoms with E-state index in [2.05, 4.69) is 22.2 Å². The fraction of sp³-hybridized carbons (Fsp3) is 0.308. The predicted molar refractivity (Wildman–Crippen MR) is 71.5 cm³/mol. The standard InChI is InChI=1S/C13H15N5O/c1-2-5-10-13(14)16-17-18(10)8-12-15-9-6-3-4-7-11(9)19-12/h3-4,6-7H,2,5,8,14H2,1H3. The maximum Gasteiger partial charge on any atom is 0.217 e. The van der Waals surface area contributed by atoms with Crippen molar-refractivity contribution in [3.8, 4) is 0 Å². The first-order chi connectivity index (χ1) is 9.28. The van der Waals surface area contributed by atoms with Crippen molar-refractivity contribution in [1.82, 2.24) is 20.0 Å². The van der Waals surface area contributed by atoms with Crippen LogP contribution in [0.2, 0.25) is 0 Å². The third-order valence-electron chi connectivity index (χ3n) is 2.98. The van der Waals surface area contributed by atoms with Gasteiger partial charge in [-0.25, -0.2) is 9.67 Å². The van der Waals surface area contributed by atoms with Gasteiger partial charge in [-0.15, -0.1) is 5.10 Å². The molecule has 0 saturated heterocycles. The smallest absolute Gasteiger partial charge is 0.217 e. The second-order valence-electron chi connectivity index (χ2n) is 4.40. The molecule has 19 heavy (non-hydrogen) atoms. The Balaban J connectivity index is 1.92. The molecular formula is C13H15N5O. The van der Waals surface area contributed by atoms with Crippen LogP contribution in [0.25, 0.3) is 11.1 Å². The van der Waals surface area contributed by atoms with E-state index < -0.39 is 0 Å². The van der Waals surface area contributed by atoms with Gasteiger partial charge < -0.3 is 10.2 Å². The van der Waals surface area contributed by atoms with E-state index in [0.717, 1.165) is 29.6 Å². The van der Waals surface area contributed by atoms with Gasteiger partial charge in [0, 0.05) is 0 Å². The molecule has 0 aliphatic heterocycles. The van der Waals surface area contributed by atoms with Gasteiger partial charge in [0.1, 0.15) is 12.1 Å². The lowest BCUT2D eigenvalue weighted by molar-refractivity contribution is 0.477. The highest BCUT2D eigenvalue weighted by Gasteiger charge is 2.12. The van der Waals surface area contributed by atoms with Gasteiger partial charge in [-0.3, -0.25) is 0 Å². The Morgan fingerprint density at radius 1 is 1.32 bits per heavy atom. The molecule has 0 atom stereocenters. The summed E-state index contributed by atoms with van der Waals surface area (Å²) in [6, 6.07) is 7.68.